The Balaban J connectivity index is 1.57. The van der Waals surface area contributed by atoms with Gasteiger partial charge in [-0.05, 0) is 72.9 Å². The zero-order valence-electron chi connectivity index (χ0n) is 22.4. The first-order valence-electron chi connectivity index (χ1n) is 13.2. The summed E-state index contributed by atoms with van der Waals surface area (Å²) in [6.07, 6.45) is 0.377. The largest absolute Gasteiger partial charge is 0.508 e. The summed E-state index contributed by atoms with van der Waals surface area (Å²) in [6.45, 7) is 2.93. The molecule has 33 heavy (non-hydrogen) atoms. The van der Waals surface area contributed by atoms with E-state index in [-0.39, 0.29) is 34.4 Å². The van der Waals surface area contributed by atoms with Gasteiger partial charge in [0.1, 0.15) is 23.4 Å². The quantitative estimate of drug-likeness (QED) is 0.446. The Labute approximate surface area is 205 Å². The number of nitrogens with zero attached hydrogens (tertiary/aromatic N) is 1. The molecular weight excluding hydrogens is 430 g/mol. The van der Waals surface area contributed by atoms with Gasteiger partial charge in [0.2, 0.25) is 0 Å². The molecule has 3 aromatic carbocycles. The first-order chi connectivity index (χ1) is 17.6. The molecule has 0 radical (unpaired) electrons. The fourth-order valence-corrected chi connectivity index (χ4v) is 5.64. The molecule has 2 heterocycles. The van der Waals surface area contributed by atoms with E-state index in [1.54, 1.807) is 12.1 Å². The molecule has 4 nitrogen and oxygen atoms in total. The van der Waals surface area contributed by atoms with Crippen LogP contribution >= 0.6 is 11.8 Å². The van der Waals surface area contributed by atoms with Gasteiger partial charge in [0.15, 0.2) is 0 Å². The molecule has 3 aromatic rings. The first-order valence-corrected chi connectivity index (χ1v) is 12.1. The molecule has 2 aliphatic rings. The number of hydrogen-bond donors (Lipinski definition) is 2. The summed E-state index contributed by atoms with van der Waals surface area (Å²) in [4.78, 5) is 3.58. The lowest BCUT2D eigenvalue weighted by Gasteiger charge is -2.38. The molecule has 1 atom stereocenters. The fourth-order valence-electron chi connectivity index (χ4n) is 4.39. The fraction of sp³-hybridized carbons (Fsp3) is 0.286. The number of phenols is 2. The maximum atomic E-state index is 10.1. The minimum Gasteiger partial charge on any atom is -0.508 e. The number of aromatic hydroxyl groups is 2. The molecule has 0 spiro atoms. The van der Waals surface area contributed by atoms with Crippen LogP contribution in [0.1, 0.15) is 48.5 Å². The lowest BCUT2D eigenvalue weighted by Crippen LogP contribution is -2.48. The number of hydrogen-bond acceptors (Lipinski definition) is 5. The van der Waals surface area contributed by atoms with Gasteiger partial charge in [-0.1, -0.05) is 31.2 Å². The zero-order valence-corrected chi connectivity index (χ0v) is 19.2. The standard InChI is InChI=1S/C28H29NO3S/c1-3-14-29-16-24(17-29)33-23-11-6-20(7-12-23)28-27(19-4-8-21(30)9-5-19)18(2)25-13-10-22(31)15-26(25)32-28/h4-13,15,24,28,30-31H,3,14,16-17H2,1-2H3/i2D3,13D. The molecule has 1 unspecified atom stereocenters. The van der Waals surface area contributed by atoms with E-state index < -0.39 is 13.0 Å². The second-order valence-corrected chi connectivity index (χ2v) is 9.87. The second-order valence-electron chi connectivity index (χ2n) is 8.50. The summed E-state index contributed by atoms with van der Waals surface area (Å²) < 4.78 is 39.9. The highest BCUT2D eigenvalue weighted by atomic mass is 32.2. The summed E-state index contributed by atoms with van der Waals surface area (Å²) in [6, 6.07) is 16.7. The molecule has 0 amide bonds. The van der Waals surface area contributed by atoms with Crippen molar-refractivity contribution in [3.63, 3.8) is 0 Å². The predicted octanol–water partition coefficient (Wildman–Crippen LogP) is 6.35. The van der Waals surface area contributed by atoms with E-state index in [0.29, 0.717) is 16.4 Å². The maximum absolute atomic E-state index is 10.1. The van der Waals surface area contributed by atoms with Crippen molar-refractivity contribution in [2.75, 3.05) is 19.6 Å². The number of fused-ring (bicyclic) bond motifs is 1. The van der Waals surface area contributed by atoms with Crippen molar-refractivity contribution in [1.29, 1.82) is 0 Å². The van der Waals surface area contributed by atoms with Crippen LogP contribution < -0.4 is 4.74 Å². The topological polar surface area (TPSA) is 52.9 Å². The van der Waals surface area contributed by atoms with Crippen LogP contribution in [0.3, 0.4) is 0 Å². The average Bonchev–Trinajstić information content (AvgIpc) is 2.82. The van der Waals surface area contributed by atoms with Crippen LogP contribution in [0.5, 0.6) is 17.2 Å². The van der Waals surface area contributed by atoms with Crippen LogP contribution in [0, 0.1) is 0 Å². The van der Waals surface area contributed by atoms with Crippen LogP contribution in [0.15, 0.2) is 71.6 Å². The summed E-state index contributed by atoms with van der Waals surface area (Å²) in [5.74, 6) is 0.0619. The third-order valence-corrected chi connectivity index (χ3v) is 7.22. The van der Waals surface area contributed by atoms with Crippen molar-refractivity contribution >= 4 is 22.9 Å². The third-order valence-electron chi connectivity index (χ3n) is 6.04. The van der Waals surface area contributed by atoms with Crippen molar-refractivity contribution < 1.29 is 20.4 Å². The monoisotopic (exact) mass is 463 g/mol. The molecule has 0 aromatic heterocycles. The van der Waals surface area contributed by atoms with Crippen LogP contribution in [-0.2, 0) is 0 Å². The Morgan fingerprint density at radius 2 is 1.82 bits per heavy atom. The Kier molecular flexibility index (Phi) is 4.88. The summed E-state index contributed by atoms with van der Waals surface area (Å²) in [5.41, 5.74) is 1.91. The summed E-state index contributed by atoms with van der Waals surface area (Å²) in [7, 11) is 0. The predicted molar refractivity (Wildman–Crippen MR) is 135 cm³/mol. The van der Waals surface area contributed by atoms with E-state index in [2.05, 4.69) is 11.8 Å². The Morgan fingerprint density at radius 3 is 2.52 bits per heavy atom. The minimum absolute atomic E-state index is 0.0124. The molecule has 2 N–H and O–H groups in total. The highest BCUT2D eigenvalue weighted by molar-refractivity contribution is 8.00. The normalized spacial score (nSPS) is 20.7. The van der Waals surface area contributed by atoms with Crippen LogP contribution in [0.2, 0.25) is 0 Å². The number of phenolic OH excluding ortho intramolecular Hbond substituents is 2. The van der Waals surface area contributed by atoms with Gasteiger partial charge in [-0.15, -0.1) is 11.8 Å². The summed E-state index contributed by atoms with van der Waals surface area (Å²) in [5, 5.41) is 20.5. The number of allylic oxidation sites excluding steroid dienone is 1. The van der Waals surface area contributed by atoms with E-state index in [9.17, 15) is 10.2 Å². The Bertz CT molecular complexity index is 1320. The van der Waals surface area contributed by atoms with Gasteiger partial charge in [-0.2, -0.15) is 0 Å². The van der Waals surface area contributed by atoms with Crippen molar-refractivity contribution in [3.05, 3.63) is 83.4 Å². The van der Waals surface area contributed by atoms with Crippen LogP contribution in [-0.4, -0.2) is 40.0 Å². The van der Waals surface area contributed by atoms with Crippen molar-refractivity contribution in [1.82, 2.24) is 4.90 Å². The molecule has 0 aliphatic carbocycles. The molecule has 0 bridgehead atoms. The highest BCUT2D eigenvalue weighted by Crippen LogP contribution is 2.47. The number of likely N-dealkylation sites (tertiary alicyclic amines) is 1. The van der Waals surface area contributed by atoms with Crippen molar-refractivity contribution in [2.24, 2.45) is 0 Å². The lowest BCUT2D eigenvalue weighted by molar-refractivity contribution is 0.191. The lowest BCUT2D eigenvalue weighted by atomic mass is 9.86. The van der Waals surface area contributed by atoms with E-state index in [1.165, 1.54) is 24.3 Å². The third kappa shape index (κ3) is 4.48. The highest BCUT2D eigenvalue weighted by Gasteiger charge is 2.30. The van der Waals surface area contributed by atoms with Crippen LogP contribution in [0.4, 0.5) is 0 Å². The number of thioether (sulfide) groups is 1. The molecule has 1 saturated heterocycles. The van der Waals surface area contributed by atoms with E-state index in [4.69, 9.17) is 10.2 Å². The maximum Gasteiger partial charge on any atom is 0.150 e. The van der Waals surface area contributed by atoms with E-state index in [1.807, 2.05) is 36.0 Å². The smallest absolute Gasteiger partial charge is 0.150 e. The molecule has 5 heteroatoms. The number of ether oxygens (including phenoxy) is 1. The SMILES string of the molecule is [2H]c1cc(O)cc2c1C(C([2H])([2H])[2H])=C(c1ccc(O)cc1)C(c1ccc(SC3CN(CCC)C3)cc1)O2. The second kappa shape index (κ2) is 9.16. The van der Waals surface area contributed by atoms with Gasteiger partial charge in [0, 0.05) is 44.6 Å². The zero-order chi connectivity index (χ0) is 26.3. The molecule has 1 fully saturated rings. The molecule has 2 aliphatic heterocycles. The first kappa shape index (κ1) is 17.6. The molecule has 5 rings (SSSR count). The van der Waals surface area contributed by atoms with Gasteiger partial charge in [-0.3, -0.25) is 0 Å². The van der Waals surface area contributed by atoms with Gasteiger partial charge < -0.3 is 19.8 Å². The van der Waals surface area contributed by atoms with E-state index >= 15 is 0 Å². The molecule has 170 valence electrons. The summed E-state index contributed by atoms with van der Waals surface area (Å²) >= 11 is 1.84. The Hall–Kier alpha value is -2.89. The van der Waals surface area contributed by atoms with Crippen molar-refractivity contribution in [3.8, 4) is 17.2 Å². The number of benzene rings is 3. The molecular formula is C28H29NO3S. The molecule has 0 saturated carbocycles. The average molecular weight is 464 g/mol. The van der Waals surface area contributed by atoms with E-state index in [0.717, 1.165) is 36.5 Å². The van der Waals surface area contributed by atoms with Gasteiger partial charge >= 0.3 is 0 Å². The van der Waals surface area contributed by atoms with Gasteiger partial charge in [0.05, 0.1) is 1.37 Å². The van der Waals surface area contributed by atoms with Gasteiger partial charge in [-0.25, -0.2) is 0 Å². The van der Waals surface area contributed by atoms with Gasteiger partial charge in [0.25, 0.3) is 0 Å². The Morgan fingerprint density at radius 1 is 1.06 bits per heavy atom. The number of rotatable bonds is 6. The van der Waals surface area contributed by atoms with Crippen molar-refractivity contribution in [2.45, 2.75) is 36.4 Å². The minimum atomic E-state index is -2.55. The van der Waals surface area contributed by atoms with Crippen LogP contribution in [0.25, 0.3) is 11.1 Å².